The Bertz CT molecular complexity index is 171. The summed E-state index contributed by atoms with van der Waals surface area (Å²) in [7, 11) is 0. The third-order valence-electron chi connectivity index (χ3n) is 1.17. The first-order valence-electron chi connectivity index (χ1n) is 3.45. The number of hydrogen-bond donors (Lipinski definition) is 1. The fraction of sp³-hybridized carbons (Fsp3) is 0.625. The molecular weight excluding hydrogens is 206 g/mol. The average molecular weight is 218 g/mol. The van der Waals surface area contributed by atoms with Crippen molar-refractivity contribution in [2.45, 2.75) is 31.1 Å². The smallest absolute Gasteiger partial charge is 0.233 e. The third kappa shape index (κ3) is 4.86. The summed E-state index contributed by atoms with van der Waals surface area (Å²) in [5.74, 6) is 2.46. The number of carbonyl (C=O) groups is 1. The Labute approximate surface area is 75.9 Å². The van der Waals surface area contributed by atoms with Gasteiger partial charge in [-0.3, -0.25) is 4.79 Å². The Morgan fingerprint density at radius 3 is 2.64 bits per heavy atom. The minimum atomic E-state index is -0.150. The molecule has 0 aromatic carbocycles. The van der Waals surface area contributed by atoms with E-state index >= 15 is 0 Å². The molecular formula is C8H12BrNO. The first-order chi connectivity index (χ1) is 5.07. The molecule has 2 nitrogen and oxygen atoms in total. The van der Waals surface area contributed by atoms with Crippen LogP contribution in [0.15, 0.2) is 0 Å². The van der Waals surface area contributed by atoms with Gasteiger partial charge in [0.2, 0.25) is 5.91 Å². The zero-order valence-corrected chi connectivity index (χ0v) is 8.31. The summed E-state index contributed by atoms with van der Waals surface area (Å²) < 4.78 is 0. The van der Waals surface area contributed by atoms with Crippen LogP contribution < -0.4 is 5.32 Å². The van der Waals surface area contributed by atoms with Gasteiger partial charge in [0.25, 0.3) is 0 Å². The predicted octanol–water partition coefficient (Wildman–Crippen LogP) is 1.30. The Hall–Kier alpha value is -0.490. The van der Waals surface area contributed by atoms with Gasteiger partial charge in [0.1, 0.15) is 0 Å². The summed E-state index contributed by atoms with van der Waals surface area (Å²) in [5, 5.41) is 2.75. The van der Waals surface area contributed by atoms with Crippen molar-refractivity contribution in [3.05, 3.63) is 0 Å². The second kappa shape index (κ2) is 5.20. The van der Waals surface area contributed by atoms with Crippen molar-refractivity contribution >= 4 is 21.8 Å². The zero-order chi connectivity index (χ0) is 8.85. The zero-order valence-electron chi connectivity index (χ0n) is 6.73. The first kappa shape index (κ1) is 10.5. The maximum atomic E-state index is 11.0. The molecule has 0 saturated heterocycles. The van der Waals surface area contributed by atoms with Crippen LogP contribution in [0.3, 0.4) is 0 Å². The van der Waals surface area contributed by atoms with Crippen LogP contribution in [0.25, 0.3) is 0 Å². The number of terminal acetylenes is 1. The van der Waals surface area contributed by atoms with E-state index in [1.165, 1.54) is 0 Å². The quantitative estimate of drug-likeness (QED) is 0.561. The van der Waals surface area contributed by atoms with E-state index in [0.29, 0.717) is 6.42 Å². The first-order valence-corrected chi connectivity index (χ1v) is 4.37. The van der Waals surface area contributed by atoms with Gasteiger partial charge in [0.15, 0.2) is 0 Å². The summed E-state index contributed by atoms with van der Waals surface area (Å²) in [6.45, 7) is 3.66. The van der Waals surface area contributed by atoms with Crippen LogP contribution >= 0.6 is 15.9 Å². The normalized spacial score (nSPS) is 14.7. The van der Waals surface area contributed by atoms with Crippen molar-refractivity contribution in [3.63, 3.8) is 0 Å². The van der Waals surface area contributed by atoms with Crippen LogP contribution in [-0.4, -0.2) is 16.8 Å². The largest absolute Gasteiger partial charge is 0.352 e. The molecule has 0 aromatic rings. The molecule has 1 N–H and O–H groups in total. The second-order valence-corrected chi connectivity index (χ2v) is 3.81. The van der Waals surface area contributed by atoms with E-state index in [4.69, 9.17) is 6.42 Å². The highest BCUT2D eigenvalue weighted by atomic mass is 79.9. The summed E-state index contributed by atoms with van der Waals surface area (Å²) in [5.41, 5.74) is 0. The molecule has 62 valence electrons. The maximum absolute atomic E-state index is 11.0. The lowest BCUT2D eigenvalue weighted by atomic mass is 10.2. The van der Waals surface area contributed by atoms with E-state index in [1.54, 1.807) is 6.92 Å². The van der Waals surface area contributed by atoms with Crippen LogP contribution in [0, 0.1) is 12.3 Å². The van der Waals surface area contributed by atoms with Crippen molar-refractivity contribution in [2.24, 2.45) is 0 Å². The SMILES string of the molecule is C#CCC(C)NC(=O)C(C)Br. The third-order valence-corrected chi connectivity index (χ3v) is 1.59. The fourth-order valence-corrected chi connectivity index (χ4v) is 0.718. The molecule has 3 heteroatoms. The van der Waals surface area contributed by atoms with Crippen LogP contribution in [0.1, 0.15) is 20.3 Å². The lowest BCUT2D eigenvalue weighted by Crippen LogP contribution is -2.36. The van der Waals surface area contributed by atoms with E-state index in [-0.39, 0.29) is 16.8 Å². The standard InChI is InChI=1S/C8H12BrNO/c1-4-5-6(2)10-8(11)7(3)9/h1,6-7H,5H2,2-3H3,(H,10,11). The molecule has 0 radical (unpaired) electrons. The summed E-state index contributed by atoms with van der Waals surface area (Å²) >= 11 is 3.16. The molecule has 1 amide bonds. The highest BCUT2D eigenvalue weighted by Crippen LogP contribution is 1.98. The predicted molar refractivity (Wildman–Crippen MR) is 49.4 cm³/mol. The molecule has 11 heavy (non-hydrogen) atoms. The van der Waals surface area contributed by atoms with Gasteiger partial charge in [-0.25, -0.2) is 0 Å². The maximum Gasteiger partial charge on any atom is 0.233 e. The number of amides is 1. The fourth-order valence-electron chi connectivity index (χ4n) is 0.585. The Morgan fingerprint density at radius 1 is 1.73 bits per heavy atom. The molecule has 2 atom stereocenters. The molecule has 0 aliphatic carbocycles. The molecule has 0 aliphatic heterocycles. The number of rotatable bonds is 3. The van der Waals surface area contributed by atoms with Crippen molar-refractivity contribution in [3.8, 4) is 12.3 Å². The number of hydrogen-bond acceptors (Lipinski definition) is 1. The van der Waals surface area contributed by atoms with Crippen molar-refractivity contribution < 1.29 is 4.79 Å². The lowest BCUT2D eigenvalue weighted by molar-refractivity contribution is -0.120. The van der Waals surface area contributed by atoms with E-state index in [9.17, 15) is 4.79 Å². The van der Waals surface area contributed by atoms with Crippen molar-refractivity contribution in [1.82, 2.24) is 5.32 Å². The number of halogens is 1. The van der Waals surface area contributed by atoms with Gasteiger partial charge < -0.3 is 5.32 Å². The molecule has 0 bridgehead atoms. The van der Waals surface area contributed by atoms with Crippen LogP contribution in [-0.2, 0) is 4.79 Å². The summed E-state index contributed by atoms with van der Waals surface area (Å²) in [6, 6.07) is 0.0625. The highest BCUT2D eigenvalue weighted by Gasteiger charge is 2.10. The van der Waals surface area contributed by atoms with Crippen LogP contribution in [0.5, 0.6) is 0 Å². The van der Waals surface area contributed by atoms with E-state index in [1.807, 2.05) is 6.92 Å². The molecule has 0 aromatic heterocycles. The topological polar surface area (TPSA) is 29.1 Å². The summed E-state index contributed by atoms with van der Waals surface area (Å²) in [4.78, 5) is 10.9. The van der Waals surface area contributed by atoms with Gasteiger partial charge in [-0.1, -0.05) is 15.9 Å². The lowest BCUT2D eigenvalue weighted by Gasteiger charge is -2.11. The molecule has 0 saturated carbocycles. The second-order valence-electron chi connectivity index (χ2n) is 2.43. The molecule has 0 fully saturated rings. The Balaban J connectivity index is 3.68. The van der Waals surface area contributed by atoms with Crippen LogP contribution in [0.4, 0.5) is 0 Å². The van der Waals surface area contributed by atoms with Gasteiger partial charge in [-0.2, -0.15) is 0 Å². The Kier molecular flexibility index (Phi) is 4.97. The van der Waals surface area contributed by atoms with Crippen molar-refractivity contribution in [1.29, 1.82) is 0 Å². The average Bonchev–Trinajstić information content (AvgIpc) is 1.87. The van der Waals surface area contributed by atoms with Gasteiger partial charge in [0, 0.05) is 12.5 Å². The number of alkyl halides is 1. The van der Waals surface area contributed by atoms with Crippen molar-refractivity contribution in [2.75, 3.05) is 0 Å². The number of nitrogens with one attached hydrogen (secondary N) is 1. The van der Waals surface area contributed by atoms with E-state index in [2.05, 4.69) is 27.2 Å². The molecule has 0 heterocycles. The van der Waals surface area contributed by atoms with Crippen LogP contribution in [0.2, 0.25) is 0 Å². The molecule has 0 spiro atoms. The number of carbonyl (C=O) groups excluding carboxylic acids is 1. The van der Waals surface area contributed by atoms with Gasteiger partial charge in [-0.15, -0.1) is 12.3 Å². The molecule has 2 unspecified atom stereocenters. The Morgan fingerprint density at radius 2 is 2.27 bits per heavy atom. The minimum absolute atomic E-state index is 0.0206. The van der Waals surface area contributed by atoms with E-state index < -0.39 is 0 Å². The van der Waals surface area contributed by atoms with E-state index in [0.717, 1.165) is 0 Å². The summed E-state index contributed by atoms with van der Waals surface area (Å²) in [6.07, 6.45) is 5.64. The highest BCUT2D eigenvalue weighted by molar-refractivity contribution is 9.10. The van der Waals surface area contributed by atoms with Gasteiger partial charge >= 0.3 is 0 Å². The molecule has 0 aliphatic rings. The van der Waals surface area contributed by atoms with Gasteiger partial charge in [0.05, 0.1) is 4.83 Å². The minimum Gasteiger partial charge on any atom is -0.352 e. The van der Waals surface area contributed by atoms with Gasteiger partial charge in [-0.05, 0) is 13.8 Å². The molecule has 0 rings (SSSR count). The monoisotopic (exact) mass is 217 g/mol.